The Balaban J connectivity index is 2.12. The molecule has 0 unspecified atom stereocenters. The molecule has 0 radical (unpaired) electrons. The third kappa shape index (κ3) is 2.55. The summed E-state index contributed by atoms with van der Waals surface area (Å²) in [5.41, 5.74) is 1.63. The summed E-state index contributed by atoms with van der Waals surface area (Å²) in [6.07, 6.45) is 3.95. The minimum atomic E-state index is -0.236. The predicted octanol–water partition coefficient (Wildman–Crippen LogP) is 1.77. The maximum atomic E-state index is 11.3. The van der Waals surface area contributed by atoms with Crippen LogP contribution in [0.2, 0.25) is 0 Å². The van der Waals surface area contributed by atoms with Crippen LogP contribution in [0.15, 0.2) is 23.2 Å². The molecule has 84 valence electrons. The van der Waals surface area contributed by atoms with Crippen molar-refractivity contribution in [1.82, 2.24) is 9.71 Å². The van der Waals surface area contributed by atoms with Crippen LogP contribution in [0.25, 0.3) is 6.08 Å². The van der Waals surface area contributed by atoms with E-state index in [9.17, 15) is 4.79 Å². The van der Waals surface area contributed by atoms with Gasteiger partial charge in [0.25, 0.3) is 0 Å². The second-order valence-electron chi connectivity index (χ2n) is 3.22. The molecule has 0 amide bonds. The molecule has 1 aromatic rings. The van der Waals surface area contributed by atoms with Crippen molar-refractivity contribution in [2.45, 2.75) is 18.2 Å². The van der Waals surface area contributed by atoms with Gasteiger partial charge in [0.2, 0.25) is 0 Å². The van der Waals surface area contributed by atoms with Crippen molar-refractivity contribution in [2.24, 2.45) is 0 Å². The van der Waals surface area contributed by atoms with Crippen LogP contribution in [0.1, 0.15) is 18.3 Å². The summed E-state index contributed by atoms with van der Waals surface area (Å²) in [6.45, 7) is 2.20. The third-order valence-electron chi connectivity index (χ3n) is 2.05. The summed E-state index contributed by atoms with van der Waals surface area (Å²) >= 11 is 1.51. The van der Waals surface area contributed by atoms with Crippen LogP contribution in [-0.4, -0.2) is 17.6 Å². The molecular formula is C11H12N2O2S. The van der Waals surface area contributed by atoms with Crippen molar-refractivity contribution < 1.29 is 9.53 Å². The first-order chi connectivity index (χ1) is 7.79. The van der Waals surface area contributed by atoms with Crippen LogP contribution in [0.5, 0.6) is 0 Å². The second-order valence-corrected chi connectivity index (χ2v) is 4.10. The molecule has 4 nitrogen and oxygen atoms in total. The molecule has 0 saturated heterocycles. The van der Waals surface area contributed by atoms with E-state index in [1.54, 1.807) is 6.92 Å². The van der Waals surface area contributed by atoms with Gasteiger partial charge in [-0.25, -0.2) is 0 Å². The molecule has 0 aromatic carbocycles. The topological polar surface area (TPSA) is 51.2 Å². The molecule has 0 atom stereocenters. The van der Waals surface area contributed by atoms with E-state index < -0.39 is 0 Å². The van der Waals surface area contributed by atoms with E-state index in [1.807, 2.05) is 24.4 Å². The zero-order valence-corrected chi connectivity index (χ0v) is 9.71. The van der Waals surface area contributed by atoms with E-state index in [-0.39, 0.29) is 12.4 Å². The van der Waals surface area contributed by atoms with Gasteiger partial charge < -0.3 is 9.46 Å². The Labute approximate surface area is 98.2 Å². The molecule has 1 N–H and O–H groups in total. The summed E-state index contributed by atoms with van der Waals surface area (Å²) in [6, 6.07) is 3.81. The quantitative estimate of drug-likeness (QED) is 0.640. The van der Waals surface area contributed by atoms with Gasteiger partial charge in [-0.2, -0.15) is 0 Å². The molecule has 1 aliphatic rings. The molecular weight excluding hydrogens is 224 g/mol. The van der Waals surface area contributed by atoms with Crippen molar-refractivity contribution in [3.8, 4) is 0 Å². The Morgan fingerprint density at radius 2 is 2.44 bits per heavy atom. The lowest BCUT2D eigenvalue weighted by Gasteiger charge is -2.10. The van der Waals surface area contributed by atoms with E-state index in [0.717, 1.165) is 16.3 Å². The van der Waals surface area contributed by atoms with E-state index in [4.69, 9.17) is 4.74 Å². The number of carbonyl (C=O) groups excluding carboxylic acids is 1. The number of ether oxygens (including phenoxy) is 1. The second kappa shape index (κ2) is 5.03. The monoisotopic (exact) mass is 236 g/mol. The molecule has 1 aromatic heterocycles. The first-order valence-electron chi connectivity index (χ1n) is 5.04. The predicted molar refractivity (Wildman–Crippen MR) is 62.6 cm³/mol. The van der Waals surface area contributed by atoms with Crippen LogP contribution in [0.4, 0.5) is 0 Å². The van der Waals surface area contributed by atoms with Crippen LogP contribution < -0.4 is 4.72 Å². The molecule has 2 heterocycles. The standard InChI is InChI=1S/C11H12N2O2S/c1-2-15-11(14)7-8-3-4-10-9(13-8)5-6-12-16-10/h3-6,12H,2,7H2,1H3. The number of hydrogen-bond donors (Lipinski definition) is 1. The minimum absolute atomic E-state index is 0.229. The lowest BCUT2D eigenvalue weighted by Crippen LogP contribution is -2.10. The largest absolute Gasteiger partial charge is 0.466 e. The number of fused-ring (bicyclic) bond motifs is 1. The van der Waals surface area contributed by atoms with E-state index in [0.29, 0.717) is 6.61 Å². The van der Waals surface area contributed by atoms with Crippen LogP contribution in [-0.2, 0) is 16.0 Å². The number of pyridine rings is 1. The number of carbonyl (C=O) groups is 1. The summed E-state index contributed by atoms with van der Waals surface area (Å²) in [7, 11) is 0. The summed E-state index contributed by atoms with van der Waals surface area (Å²) in [4.78, 5) is 16.7. The highest BCUT2D eigenvalue weighted by Gasteiger charge is 2.10. The fourth-order valence-corrected chi connectivity index (χ4v) is 2.00. The lowest BCUT2D eigenvalue weighted by molar-refractivity contribution is -0.142. The van der Waals surface area contributed by atoms with E-state index in [2.05, 4.69) is 9.71 Å². The SMILES string of the molecule is CCOC(=O)Cc1ccc2c(n1)C=CNS2. The molecule has 1 aliphatic heterocycles. The summed E-state index contributed by atoms with van der Waals surface area (Å²) in [5.74, 6) is -0.236. The maximum Gasteiger partial charge on any atom is 0.311 e. The average Bonchev–Trinajstić information content (AvgIpc) is 2.29. The van der Waals surface area contributed by atoms with Crippen molar-refractivity contribution in [3.63, 3.8) is 0 Å². The van der Waals surface area contributed by atoms with Crippen LogP contribution in [0, 0.1) is 0 Å². The molecule has 0 aliphatic carbocycles. The smallest absolute Gasteiger partial charge is 0.311 e. The van der Waals surface area contributed by atoms with Gasteiger partial charge in [-0.1, -0.05) is 0 Å². The fraction of sp³-hybridized carbons (Fsp3) is 0.273. The van der Waals surface area contributed by atoms with Gasteiger partial charge in [0.15, 0.2) is 0 Å². The highest BCUT2D eigenvalue weighted by Crippen LogP contribution is 2.23. The zero-order valence-electron chi connectivity index (χ0n) is 8.90. The number of aromatic nitrogens is 1. The lowest BCUT2D eigenvalue weighted by atomic mass is 10.2. The highest BCUT2D eigenvalue weighted by molar-refractivity contribution is 7.97. The Kier molecular flexibility index (Phi) is 3.46. The van der Waals surface area contributed by atoms with Gasteiger partial charge in [-0.05, 0) is 37.1 Å². The van der Waals surface area contributed by atoms with Gasteiger partial charge in [0.1, 0.15) is 0 Å². The maximum absolute atomic E-state index is 11.3. The number of esters is 1. The Bertz CT molecular complexity index is 432. The molecule has 16 heavy (non-hydrogen) atoms. The van der Waals surface area contributed by atoms with Gasteiger partial charge >= 0.3 is 5.97 Å². The number of rotatable bonds is 3. The van der Waals surface area contributed by atoms with E-state index >= 15 is 0 Å². The van der Waals surface area contributed by atoms with Crippen LogP contribution in [0.3, 0.4) is 0 Å². The van der Waals surface area contributed by atoms with Crippen molar-refractivity contribution in [3.05, 3.63) is 29.7 Å². The molecule has 0 saturated carbocycles. The molecule has 0 bridgehead atoms. The minimum Gasteiger partial charge on any atom is -0.466 e. The van der Waals surface area contributed by atoms with E-state index in [1.165, 1.54) is 11.9 Å². The number of nitrogens with one attached hydrogen (secondary N) is 1. The van der Waals surface area contributed by atoms with Crippen molar-refractivity contribution in [1.29, 1.82) is 0 Å². The third-order valence-corrected chi connectivity index (χ3v) is 2.87. The molecule has 5 heteroatoms. The number of nitrogens with zero attached hydrogens (tertiary/aromatic N) is 1. The Morgan fingerprint density at radius 1 is 1.56 bits per heavy atom. The van der Waals surface area contributed by atoms with Crippen LogP contribution >= 0.6 is 11.9 Å². The van der Waals surface area contributed by atoms with Gasteiger partial charge in [-0.15, -0.1) is 0 Å². The van der Waals surface area contributed by atoms with Crippen molar-refractivity contribution in [2.75, 3.05) is 6.61 Å². The summed E-state index contributed by atoms with van der Waals surface area (Å²) in [5, 5.41) is 0. The molecule has 0 spiro atoms. The Morgan fingerprint density at radius 3 is 3.25 bits per heavy atom. The molecule has 0 fully saturated rings. The highest BCUT2D eigenvalue weighted by atomic mass is 32.2. The Hall–Kier alpha value is -1.49. The first-order valence-corrected chi connectivity index (χ1v) is 5.85. The molecule has 2 rings (SSSR count). The number of hydrogen-bond acceptors (Lipinski definition) is 5. The first kappa shape index (κ1) is 11.0. The normalized spacial score (nSPS) is 12.8. The van der Waals surface area contributed by atoms with Gasteiger partial charge in [0, 0.05) is 6.20 Å². The van der Waals surface area contributed by atoms with Gasteiger partial charge in [-0.3, -0.25) is 9.78 Å². The average molecular weight is 236 g/mol. The summed E-state index contributed by atoms with van der Waals surface area (Å²) < 4.78 is 7.90. The van der Waals surface area contributed by atoms with Gasteiger partial charge in [0.05, 0.1) is 29.3 Å². The zero-order chi connectivity index (χ0) is 11.4. The fourth-order valence-electron chi connectivity index (χ4n) is 1.38. The van der Waals surface area contributed by atoms with Crippen molar-refractivity contribution >= 4 is 24.0 Å².